The Morgan fingerprint density at radius 2 is 2.10 bits per heavy atom. The number of nitrogens with zero attached hydrogens (tertiary/aromatic N) is 3. The van der Waals surface area contributed by atoms with Gasteiger partial charge in [0.05, 0.1) is 5.92 Å². The van der Waals surface area contributed by atoms with Crippen LogP contribution < -0.4 is 0 Å². The second kappa shape index (κ2) is 5.39. The number of piperidine rings is 3. The fraction of sp³-hybridized carbons (Fsp3) is 0.714. The van der Waals surface area contributed by atoms with Gasteiger partial charge in [0.15, 0.2) is 5.82 Å². The maximum absolute atomic E-state index is 5.47. The summed E-state index contributed by atoms with van der Waals surface area (Å²) in [5.41, 5.74) is 1.65. The lowest BCUT2D eigenvalue weighted by molar-refractivity contribution is 0.118. The smallest absolute Gasteiger partial charge is 0.231 e. The van der Waals surface area contributed by atoms with Crippen molar-refractivity contribution in [1.29, 1.82) is 0 Å². The molecule has 5 rings (SSSR count). The van der Waals surface area contributed by atoms with Gasteiger partial charge >= 0.3 is 0 Å². The molecule has 4 saturated heterocycles. The summed E-state index contributed by atoms with van der Waals surface area (Å²) in [4.78, 5) is 7.05. The first kappa shape index (κ1) is 13.2. The molecule has 108 valence electrons. The molecule has 4 aliphatic rings. The second-order valence-electron chi connectivity index (χ2n) is 5.78. The predicted molar refractivity (Wildman–Crippen MR) is 82.9 cm³/mol. The van der Waals surface area contributed by atoms with Crippen molar-refractivity contribution in [2.45, 2.75) is 25.7 Å². The normalized spacial score (nSPS) is 33.8. The fourth-order valence-corrected chi connectivity index (χ4v) is 6.25. The Hall–Kier alpha value is -0.460. The van der Waals surface area contributed by atoms with Crippen LogP contribution in [0.4, 0.5) is 0 Å². The van der Waals surface area contributed by atoms with E-state index in [1.807, 2.05) is 6.92 Å². The summed E-state index contributed by atoms with van der Waals surface area (Å²) >= 11 is 4.12. The number of hydrogen-bond acceptors (Lipinski definition) is 6. The van der Waals surface area contributed by atoms with Crippen molar-refractivity contribution in [1.82, 2.24) is 15.0 Å². The van der Waals surface area contributed by atoms with Crippen LogP contribution in [0.25, 0.3) is 0 Å². The Balaban J connectivity index is 1.66. The molecule has 4 nitrogen and oxygen atoms in total. The molecule has 4 fully saturated rings. The molecule has 3 atom stereocenters. The van der Waals surface area contributed by atoms with Gasteiger partial charge in [-0.1, -0.05) is 5.16 Å². The van der Waals surface area contributed by atoms with E-state index in [1.54, 1.807) is 9.81 Å². The minimum Gasteiger partial charge on any atom is -0.339 e. The van der Waals surface area contributed by atoms with Gasteiger partial charge in [-0.2, -0.15) is 4.98 Å². The molecule has 4 aliphatic heterocycles. The first-order chi connectivity index (χ1) is 9.81. The summed E-state index contributed by atoms with van der Waals surface area (Å²) in [7, 11) is 0. The molecule has 0 saturated carbocycles. The molecular weight excluding hydrogens is 290 g/mol. The summed E-state index contributed by atoms with van der Waals surface area (Å²) in [5, 5.41) is 3.98. The Kier molecular flexibility index (Phi) is 3.56. The third-order valence-electron chi connectivity index (χ3n) is 4.42. The highest BCUT2D eigenvalue weighted by Gasteiger charge is 2.42. The summed E-state index contributed by atoms with van der Waals surface area (Å²) in [6, 6.07) is 0. The highest BCUT2D eigenvalue weighted by atomic mass is 32.2. The van der Waals surface area contributed by atoms with Gasteiger partial charge < -0.3 is 4.52 Å². The van der Waals surface area contributed by atoms with E-state index in [4.69, 9.17) is 4.52 Å². The van der Waals surface area contributed by atoms with E-state index in [1.165, 1.54) is 30.9 Å². The van der Waals surface area contributed by atoms with Crippen LogP contribution in [-0.2, 0) is 0 Å². The van der Waals surface area contributed by atoms with E-state index in [2.05, 4.69) is 38.6 Å². The van der Waals surface area contributed by atoms with Crippen molar-refractivity contribution < 1.29 is 4.52 Å². The standard InChI is InChI=1S/C14H19N3OS2/c1-9-15-13(18-16-9)11-7-17-4-3-10(11)12(8-17)14-19-5-2-6-20-14/h10-11H,2-8H2,1H3. The number of fused-ring (bicyclic) bond motifs is 3. The highest BCUT2D eigenvalue weighted by molar-refractivity contribution is 8.22. The fourth-order valence-electron chi connectivity index (χ4n) is 3.48. The molecule has 0 radical (unpaired) electrons. The molecule has 6 heteroatoms. The number of aromatic nitrogens is 2. The molecule has 5 heterocycles. The van der Waals surface area contributed by atoms with Crippen LogP contribution in [0.3, 0.4) is 0 Å². The summed E-state index contributed by atoms with van der Waals surface area (Å²) < 4.78 is 7.06. The minimum absolute atomic E-state index is 0.407. The maximum atomic E-state index is 5.47. The molecular formula is C14H19N3OS2. The van der Waals surface area contributed by atoms with Crippen LogP contribution in [-0.4, -0.2) is 46.2 Å². The molecule has 3 unspecified atom stereocenters. The summed E-state index contributed by atoms with van der Waals surface area (Å²) in [6.45, 7) is 5.36. The van der Waals surface area contributed by atoms with E-state index < -0.39 is 0 Å². The molecule has 0 aromatic carbocycles. The third kappa shape index (κ3) is 2.31. The Morgan fingerprint density at radius 1 is 1.25 bits per heavy atom. The van der Waals surface area contributed by atoms with E-state index in [-0.39, 0.29) is 0 Å². The van der Waals surface area contributed by atoms with Crippen LogP contribution in [0.15, 0.2) is 14.3 Å². The van der Waals surface area contributed by atoms with Gasteiger partial charge in [-0.3, -0.25) is 4.90 Å². The SMILES string of the molecule is Cc1noc(C2CN3CCC2C(=C2SCCCS2)C3)n1. The quantitative estimate of drug-likeness (QED) is 0.794. The zero-order valence-electron chi connectivity index (χ0n) is 11.7. The monoisotopic (exact) mass is 309 g/mol. The van der Waals surface area contributed by atoms with E-state index in [9.17, 15) is 0 Å². The minimum atomic E-state index is 0.407. The average molecular weight is 309 g/mol. The van der Waals surface area contributed by atoms with Gasteiger partial charge in [-0.15, -0.1) is 23.5 Å². The molecule has 20 heavy (non-hydrogen) atoms. The molecule has 0 spiro atoms. The summed E-state index contributed by atoms with van der Waals surface area (Å²) in [6.07, 6.45) is 2.58. The Labute approximate surface area is 127 Å². The van der Waals surface area contributed by atoms with Gasteiger partial charge in [-0.25, -0.2) is 0 Å². The first-order valence-corrected chi connectivity index (χ1v) is 9.29. The molecule has 0 N–H and O–H groups in total. The number of rotatable bonds is 1. The lowest BCUT2D eigenvalue weighted by Gasteiger charge is -2.46. The van der Waals surface area contributed by atoms with Gasteiger partial charge in [0, 0.05) is 17.3 Å². The molecule has 1 aromatic rings. The van der Waals surface area contributed by atoms with Crippen molar-refractivity contribution >= 4 is 23.5 Å². The van der Waals surface area contributed by atoms with Gasteiger partial charge in [0.1, 0.15) is 0 Å². The molecule has 1 aromatic heterocycles. The number of thioether (sulfide) groups is 2. The highest BCUT2D eigenvalue weighted by Crippen LogP contribution is 2.48. The van der Waals surface area contributed by atoms with Crippen molar-refractivity contribution in [2.24, 2.45) is 5.92 Å². The van der Waals surface area contributed by atoms with E-state index in [0.717, 1.165) is 24.8 Å². The van der Waals surface area contributed by atoms with Crippen molar-refractivity contribution in [3.05, 3.63) is 21.5 Å². The Morgan fingerprint density at radius 3 is 2.80 bits per heavy atom. The van der Waals surface area contributed by atoms with Crippen LogP contribution in [0, 0.1) is 12.8 Å². The molecule has 0 amide bonds. The van der Waals surface area contributed by atoms with E-state index in [0.29, 0.717) is 11.8 Å². The van der Waals surface area contributed by atoms with Gasteiger partial charge in [-0.05, 0) is 49.3 Å². The van der Waals surface area contributed by atoms with Crippen LogP contribution in [0.5, 0.6) is 0 Å². The predicted octanol–water partition coefficient (Wildman–Crippen LogP) is 2.88. The largest absolute Gasteiger partial charge is 0.339 e. The Bertz CT molecular complexity index is 534. The van der Waals surface area contributed by atoms with Crippen LogP contribution in [0.1, 0.15) is 30.5 Å². The zero-order valence-corrected chi connectivity index (χ0v) is 13.3. The van der Waals surface area contributed by atoms with Crippen LogP contribution in [0.2, 0.25) is 0 Å². The lowest BCUT2D eigenvalue weighted by atomic mass is 9.76. The first-order valence-electron chi connectivity index (χ1n) is 7.32. The number of aryl methyl sites for hydroxylation is 1. The van der Waals surface area contributed by atoms with Crippen LogP contribution >= 0.6 is 23.5 Å². The maximum Gasteiger partial charge on any atom is 0.231 e. The number of hydrogen-bond donors (Lipinski definition) is 0. The summed E-state index contributed by atoms with van der Waals surface area (Å²) in [5.74, 6) is 5.19. The second-order valence-corrected chi connectivity index (χ2v) is 8.25. The molecule has 2 bridgehead atoms. The van der Waals surface area contributed by atoms with Gasteiger partial charge in [0.2, 0.25) is 5.89 Å². The van der Waals surface area contributed by atoms with Crippen molar-refractivity contribution in [2.75, 3.05) is 31.1 Å². The third-order valence-corrected chi connectivity index (χ3v) is 7.16. The molecule has 0 aliphatic carbocycles. The van der Waals surface area contributed by atoms with E-state index >= 15 is 0 Å². The van der Waals surface area contributed by atoms with Crippen molar-refractivity contribution in [3.8, 4) is 0 Å². The average Bonchev–Trinajstić information content (AvgIpc) is 2.95. The zero-order chi connectivity index (χ0) is 13.5. The topological polar surface area (TPSA) is 42.2 Å². The van der Waals surface area contributed by atoms with Gasteiger partial charge in [0.25, 0.3) is 0 Å². The van der Waals surface area contributed by atoms with Crippen molar-refractivity contribution in [3.63, 3.8) is 0 Å². The lowest BCUT2D eigenvalue weighted by Crippen LogP contribution is -2.48.